The van der Waals surface area contributed by atoms with Crippen LogP contribution in [0.15, 0.2) is 12.7 Å². The van der Waals surface area contributed by atoms with Gasteiger partial charge in [0, 0.05) is 24.9 Å². The molecule has 0 spiro atoms. The Labute approximate surface area is 86.6 Å². The van der Waals surface area contributed by atoms with Crippen LogP contribution in [0.5, 0.6) is 0 Å². The molecule has 0 bridgehead atoms. The van der Waals surface area contributed by atoms with E-state index >= 15 is 0 Å². The number of likely N-dealkylation sites (tertiary alicyclic amines) is 1. The van der Waals surface area contributed by atoms with Crippen LogP contribution in [0.25, 0.3) is 0 Å². The Morgan fingerprint density at radius 2 is 2.21 bits per heavy atom. The summed E-state index contributed by atoms with van der Waals surface area (Å²) < 4.78 is 0. The third-order valence-corrected chi connectivity index (χ3v) is 3.13. The van der Waals surface area contributed by atoms with Gasteiger partial charge in [0.15, 0.2) is 0 Å². The van der Waals surface area contributed by atoms with E-state index in [1.165, 1.54) is 6.08 Å². The Kier molecular flexibility index (Phi) is 3.36. The Hall–Kier alpha value is -0.780. The molecule has 1 fully saturated rings. The van der Waals surface area contributed by atoms with Crippen molar-refractivity contribution in [3.8, 4) is 11.8 Å². The van der Waals surface area contributed by atoms with Crippen molar-refractivity contribution in [2.24, 2.45) is 5.92 Å². The number of piperidine rings is 1. The first kappa shape index (κ1) is 11.3. The smallest absolute Gasteiger partial charge is 0.131 e. The molecule has 0 amide bonds. The summed E-state index contributed by atoms with van der Waals surface area (Å²) in [5, 5.41) is 10.3. The Balaban J connectivity index is 2.82. The SMILES string of the molecule is C=CC#C[C@@]1(O)C[C@@H](C)N(C)C[C@H]1C. The highest BCUT2D eigenvalue weighted by Crippen LogP contribution is 2.30. The highest BCUT2D eigenvalue weighted by Gasteiger charge is 2.39. The fourth-order valence-corrected chi connectivity index (χ4v) is 1.92. The van der Waals surface area contributed by atoms with E-state index in [4.69, 9.17) is 0 Å². The molecule has 1 rings (SSSR count). The molecular formula is C12H19NO. The molecule has 1 N–H and O–H groups in total. The van der Waals surface area contributed by atoms with E-state index in [0.29, 0.717) is 12.5 Å². The molecule has 0 aromatic rings. The second-order valence-electron chi connectivity index (χ2n) is 4.29. The minimum atomic E-state index is -0.833. The van der Waals surface area contributed by atoms with Crippen molar-refractivity contribution in [1.29, 1.82) is 0 Å². The third kappa shape index (κ3) is 2.17. The summed E-state index contributed by atoms with van der Waals surface area (Å²) in [5.41, 5.74) is -0.833. The number of rotatable bonds is 0. The lowest BCUT2D eigenvalue weighted by Gasteiger charge is -2.42. The molecular weight excluding hydrogens is 174 g/mol. The summed E-state index contributed by atoms with van der Waals surface area (Å²) in [5.74, 6) is 5.87. The minimum absolute atomic E-state index is 0.191. The first-order chi connectivity index (χ1) is 6.49. The minimum Gasteiger partial charge on any atom is -0.377 e. The van der Waals surface area contributed by atoms with Gasteiger partial charge in [0.2, 0.25) is 0 Å². The zero-order valence-electron chi connectivity index (χ0n) is 9.25. The molecule has 3 atom stereocenters. The van der Waals surface area contributed by atoms with Crippen molar-refractivity contribution in [2.45, 2.75) is 31.9 Å². The largest absolute Gasteiger partial charge is 0.377 e. The standard InChI is InChI=1S/C12H19NO/c1-5-6-7-12(14)8-11(3)13(4)9-10(12)2/h5,10-11,14H,1,8-9H2,2-4H3/t10-,11-,12-/m1/s1. The van der Waals surface area contributed by atoms with Crippen LogP contribution in [-0.2, 0) is 0 Å². The van der Waals surface area contributed by atoms with Gasteiger partial charge in [-0.3, -0.25) is 0 Å². The number of aliphatic hydroxyl groups is 1. The molecule has 14 heavy (non-hydrogen) atoms. The van der Waals surface area contributed by atoms with Crippen LogP contribution in [-0.4, -0.2) is 35.2 Å². The lowest BCUT2D eigenvalue weighted by atomic mass is 9.79. The van der Waals surface area contributed by atoms with Crippen molar-refractivity contribution >= 4 is 0 Å². The zero-order chi connectivity index (χ0) is 10.8. The number of hydrogen-bond donors (Lipinski definition) is 1. The molecule has 2 nitrogen and oxygen atoms in total. The molecule has 0 aliphatic carbocycles. The van der Waals surface area contributed by atoms with Gasteiger partial charge in [-0.25, -0.2) is 0 Å². The van der Waals surface area contributed by atoms with Crippen LogP contribution in [0.1, 0.15) is 20.3 Å². The maximum Gasteiger partial charge on any atom is 0.131 e. The highest BCUT2D eigenvalue weighted by molar-refractivity contribution is 5.23. The molecule has 1 heterocycles. The van der Waals surface area contributed by atoms with E-state index in [9.17, 15) is 5.11 Å². The van der Waals surface area contributed by atoms with Gasteiger partial charge in [0.1, 0.15) is 5.60 Å². The van der Waals surface area contributed by atoms with Crippen molar-refractivity contribution in [1.82, 2.24) is 4.90 Å². The van der Waals surface area contributed by atoms with Gasteiger partial charge < -0.3 is 10.0 Å². The average Bonchev–Trinajstić information content (AvgIpc) is 2.12. The van der Waals surface area contributed by atoms with Crippen LogP contribution in [0.2, 0.25) is 0 Å². The lowest BCUT2D eigenvalue weighted by molar-refractivity contribution is -0.0346. The Bertz CT molecular complexity index is 276. The summed E-state index contributed by atoms with van der Waals surface area (Å²) in [6.07, 6.45) is 2.25. The maximum atomic E-state index is 10.3. The molecule has 1 aliphatic rings. The van der Waals surface area contributed by atoms with E-state index < -0.39 is 5.60 Å². The molecule has 1 saturated heterocycles. The summed E-state index contributed by atoms with van der Waals surface area (Å²) in [6.45, 7) is 8.59. The predicted octanol–water partition coefficient (Wildman–Crippen LogP) is 1.27. The molecule has 1 aliphatic heterocycles. The number of hydrogen-bond acceptors (Lipinski definition) is 2. The van der Waals surface area contributed by atoms with Crippen LogP contribution >= 0.6 is 0 Å². The second-order valence-corrected chi connectivity index (χ2v) is 4.29. The van der Waals surface area contributed by atoms with E-state index in [1.807, 2.05) is 6.92 Å². The monoisotopic (exact) mass is 193 g/mol. The van der Waals surface area contributed by atoms with Gasteiger partial charge in [0.05, 0.1) is 0 Å². The maximum absolute atomic E-state index is 10.3. The van der Waals surface area contributed by atoms with Crippen LogP contribution in [0.3, 0.4) is 0 Å². The van der Waals surface area contributed by atoms with Crippen molar-refractivity contribution in [3.63, 3.8) is 0 Å². The normalized spacial score (nSPS) is 38.6. The van der Waals surface area contributed by atoms with Gasteiger partial charge in [-0.2, -0.15) is 0 Å². The van der Waals surface area contributed by atoms with E-state index in [2.05, 4.69) is 37.3 Å². The van der Waals surface area contributed by atoms with Crippen molar-refractivity contribution < 1.29 is 5.11 Å². The van der Waals surface area contributed by atoms with Gasteiger partial charge in [-0.15, -0.1) is 0 Å². The van der Waals surface area contributed by atoms with Crippen LogP contribution in [0, 0.1) is 17.8 Å². The van der Waals surface area contributed by atoms with Crippen LogP contribution in [0.4, 0.5) is 0 Å². The molecule has 78 valence electrons. The zero-order valence-corrected chi connectivity index (χ0v) is 9.25. The average molecular weight is 193 g/mol. The topological polar surface area (TPSA) is 23.5 Å². The van der Waals surface area contributed by atoms with Crippen molar-refractivity contribution in [3.05, 3.63) is 12.7 Å². The summed E-state index contributed by atoms with van der Waals surface area (Å²) in [4.78, 5) is 2.26. The van der Waals surface area contributed by atoms with E-state index in [1.54, 1.807) is 0 Å². The number of nitrogens with zero attached hydrogens (tertiary/aromatic N) is 1. The fraction of sp³-hybridized carbons (Fsp3) is 0.667. The van der Waals surface area contributed by atoms with Gasteiger partial charge in [-0.1, -0.05) is 25.3 Å². The van der Waals surface area contributed by atoms with Gasteiger partial charge >= 0.3 is 0 Å². The Morgan fingerprint density at radius 3 is 2.79 bits per heavy atom. The molecule has 0 aromatic carbocycles. The first-order valence-electron chi connectivity index (χ1n) is 5.06. The van der Waals surface area contributed by atoms with E-state index in [-0.39, 0.29) is 5.92 Å². The summed E-state index contributed by atoms with van der Waals surface area (Å²) in [6, 6.07) is 0.385. The highest BCUT2D eigenvalue weighted by atomic mass is 16.3. The molecule has 0 aromatic heterocycles. The first-order valence-corrected chi connectivity index (χ1v) is 5.06. The third-order valence-electron chi connectivity index (χ3n) is 3.13. The summed E-state index contributed by atoms with van der Waals surface area (Å²) >= 11 is 0. The fourth-order valence-electron chi connectivity index (χ4n) is 1.92. The summed E-state index contributed by atoms with van der Waals surface area (Å²) in [7, 11) is 2.08. The van der Waals surface area contributed by atoms with Gasteiger partial charge in [0.25, 0.3) is 0 Å². The number of allylic oxidation sites excluding steroid dienone is 1. The quantitative estimate of drug-likeness (QED) is 0.586. The predicted molar refractivity (Wildman–Crippen MR) is 58.8 cm³/mol. The van der Waals surface area contributed by atoms with Crippen molar-refractivity contribution in [2.75, 3.05) is 13.6 Å². The van der Waals surface area contributed by atoms with Crippen LogP contribution < -0.4 is 0 Å². The molecule has 0 saturated carbocycles. The van der Waals surface area contributed by atoms with Gasteiger partial charge in [-0.05, 0) is 20.0 Å². The Morgan fingerprint density at radius 1 is 1.57 bits per heavy atom. The molecule has 2 heteroatoms. The second kappa shape index (κ2) is 4.16. The van der Waals surface area contributed by atoms with E-state index in [0.717, 1.165) is 6.54 Å². The molecule has 0 radical (unpaired) electrons. The molecule has 0 unspecified atom stereocenters. The lowest BCUT2D eigenvalue weighted by Crippen LogP contribution is -2.52.